The van der Waals surface area contributed by atoms with Crippen molar-refractivity contribution >= 4 is 17.5 Å². The van der Waals surface area contributed by atoms with Gasteiger partial charge in [0.15, 0.2) is 0 Å². The van der Waals surface area contributed by atoms with Crippen LogP contribution in [0.2, 0.25) is 5.02 Å². The summed E-state index contributed by atoms with van der Waals surface area (Å²) in [5.74, 6) is 0.384. The quantitative estimate of drug-likeness (QED) is 0.758. The van der Waals surface area contributed by atoms with E-state index in [9.17, 15) is 4.79 Å². The molecule has 3 nitrogen and oxygen atoms in total. The van der Waals surface area contributed by atoms with Crippen molar-refractivity contribution < 1.29 is 4.79 Å². The number of amides is 1. The van der Waals surface area contributed by atoms with Crippen molar-refractivity contribution in [3.8, 4) is 0 Å². The summed E-state index contributed by atoms with van der Waals surface area (Å²) in [5.41, 5.74) is 2.12. The Morgan fingerprint density at radius 2 is 1.64 bits per heavy atom. The second-order valence-corrected chi connectivity index (χ2v) is 7.50. The fourth-order valence-corrected chi connectivity index (χ4v) is 3.13. The minimum absolute atomic E-state index is 0.0494. The third kappa shape index (κ3) is 4.83. The van der Waals surface area contributed by atoms with Gasteiger partial charge in [0.1, 0.15) is 6.04 Å². The first kappa shape index (κ1) is 18.0. The average Bonchev–Trinajstić information content (AvgIpc) is 3.41. The van der Waals surface area contributed by atoms with Crippen LogP contribution in [0.5, 0.6) is 0 Å². The number of hydrogen-bond donors (Lipinski definition) is 2. The predicted octanol–water partition coefficient (Wildman–Crippen LogP) is 4.65. The van der Waals surface area contributed by atoms with E-state index in [1.54, 1.807) is 0 Å². The molecule has 4 heteroatoms. The molecule has 1 amide bonds. The molecule has 2 unspecified atom stereocenters. The van der Waals surface area contributed by atoms with Crippen LogP contribution in [-0.4, -0.2) is 11.9 Å². The van der Waals surface area contributed by atoms with Gasteiger partial charge in [0.05, 0.1) is 0 Å². The van der Waals surface area contributed by atoms with Gasteiger partial charge in [-0.1, -0.05) is 67.9 Å². The molecule has 2 N–H and O–H groups in total. The van der Waals surface area contributed by atoms with Gasteiger partial charge in [0.2, 0.25) is 5.91 Å². The van der Waals surface area contributed by atoms with E-state index in [4.69, 9.17) is 11.6 Å². The standard InChI is InChI=1S/C21H25ClN2O/c1-14(2)19(16-8-10-17(22)11-9-16)24-20(15-6-4-3-5-7-15)21(25)23-18-12-13-18/h3-11,14,18-20,24H,12-13H2,1-2H3,(H,23,25). The minimum Gasteiger partial charge on any atom is -0.352 e. The predicted molar refractivity (Wildman–Crippen MR) is 103 cm³/mol. The molecule has 0 aromatic heterocycles. The summed E-state index contributed by atoms with van der Waals surface area (Å²) in [5, 5.41) is 7.44. The number of hydrogen-bond acceptors (Lipinski definition) is 2. The first-order chi connectivity index (χ1) is 12.0. The maximum atomic E-state index is 12.8. The molecule has 1 aliphatic rings. The van der Waals surface area contributed by atoms with Crippen LogP contribution in [0, 0.1) is 5.92 Å². The Hall–Kier alpha value is -1.84. The Balaban J connectivity index is 1.85. The molecule has 2 aromatic rings. The van der Waals surface area contributed by atoms with Crippen LogP contribution in [-0.2, 0) is 4.79 Å². The van der Waals surface area contributed by atoms with E-state index in [1.807, 2.05) is 54.6 Å². The maximum absolute atomic E-state index is 12.8. The summed E-state index contributed by atoms with van der Waals surface area (Å²) in [6, 6.07) is 17.8. The van der Waals surface area contributed by atoms with Gasteiger partial charge in [0.25, 0.3) is 0 Å². The highest BCUT2D eigenvalue weighted by atomic mass is 35.5. The molecule has 1 saturated carbocycles. The molecule has 2 atom stereocenters. The number of rotatable bonds is 7. The second-order valence-electron chi connectivity index (χ2n) is 7.07. The lowest BCUT2D eigenvalue weighted by Crippen LogP contribution is -2.41. The molecule has 0 radical (unpaired) electrons. The average molecular weight is 357 g/mol. The van der Waals surface area contributed by atoms with E-state index in [0.717, 1.165) is 29.0 Å². The van der Waals surface area contributed by atoms with Crippen molar-refractivity contribution in [1.82, 2.24) is 10.6 Å². The molecule has 25 heavy (non-hydrogen) atoms. The second kappa shape index (κ2) is 8.03. The van der Waals surface area contributed by atoms with Crippen molar-refractivity contribution in [2.45, 2.75) is 44.8 Å². The molecule has 0 saturated heterocycles. The molecule has 1 aliphatic carbocycles. The lowest BCUT2D eigenvalue weighted by atomic mass is 9.93. The summed E-state index contributed by atoms with van der Waals surface area (Å²) >= 11 is 6.03. The molecular formula is C21H25ClN2O. The summed E-state index contributed by atoms with van der Waals surface area (Å²) in [6.07, 6.45) is 2.16. The van der Waals surface area contributed by atoms with Gasteiger partial charge >= 0.3 is 0 Å². The SMILES string of the molecule is CC(C)C(NC(C(=O)NC1CC1)c1ccccc1)c1ccc(Cl)cc1. The molecule has 0 aliphatic heterocycles. The van der Waals surface area contributed by atoms with Crippen LogP contribution in [0.3, 0.4) is 0 Å². The van der Waals surface area contributed by atoms with Crippen LogP contribution < -0.4 is 10.6 Å². The Morgan fingerprint density at radius 1 is 1.00 bits per heavy atom. The molecule has 0 spiro atoms. The van der Waals surface area contributed by atoms with E-state index in [1.165, 1.54) is 0 Å². The number of halogens is 1. The third-order valence-corrected chi connectivity index (χ3v) is 4.81. The lowest BCUT2D eigenvalue weighted by Gasteiger charge is -2.29. The fraction of sp³-hybridized carbons (Fsp3) is 0.381. The Morgan fingerprint density at radius 3 is 2.20 bits per heavy atom. The van der Waals surface area contributed by atoms with Crippen molar-refractivity contribution in [2.75, 3.05) is 0 Å². The van der Waals surface area contributed by atoms with Gasteiger partial charge in [-0.3, -0.25) is 10.1 Å². The van der Waals surface area contributed by atoms with E-state index < -0.39 is 0 Å². The highest BCUT2D eigenvalue weighted by Gasteiger charge is 2.30. The van der Waals surface area contributed by atoms with Crippen molar-refractivity contribution in [3.63, 3.8) is 0 Å². The van der Waals surface area contributed by atoms with Crippen molar-refractivity contribution in [3.05, 3.63) is 70.7 Å². The minimum atomic E-state index is -0.370. The van der Waals surface area contributed by atoms with Gasteiger partial charge in [0, 0.05) is 17.1 Å². The summed E-state index contributed by atoms with van der Waals surface area (Å²) in [7, 11) is 0. The van der Waals surface area contributed by atoms with Crippen LogP contribution >= 0.6 is 11.6 Å². The monoisotopic (exact) mass is 356 g/mol. The zero-order valence-electron chi connectivity index (χ0n) is 14.7. The lowest BCUT2D eigenvalue weighted by molar-refractivity contribution is -0.123. The number of nitrogens with one attached hydrogen (secondary N) is 2. The normalized spacial score (nSPS) is 16.5. The molecule has 0 bridgehead atoms. The molecule has 3 rings (SSSR count). The third-order valence-electron chi connectivity index (χ3n) is 4.56. The van der Waals surface area contributed by atoms with Crippen LogP contribution in [0.25, 0.3) is 0 Å². The molecule has 1 fully saturated rings. The topological polar surface area (TPSA) is 41.1 Å². The first-order valence-corrected chi connectivity index (χ1v) is 9.29. The smallest absolute Gasteiger partial charge is 0.241 e. The van der Waals surface area contributed by atoms with E-state index in [-0.39, 0.29) is 18.0 Å². The van der Waals surface area contributed by atoms with Gasteiger partial charge in [-0.25, -0.2) is 0 Å². The van der Waals surface area contributed by atoms with E-state index in [0.29, 0.717) is 12.0 Å². The number of carbonyl (C=O) groups is 1. The fourth-order valence-electron chi connectivity index (χ4n) is 3.00. The van der Waals surface area contributed by atoms with Crippen LogP contribution in [0.15, 0.2) is 54.6 Å². The van der Waals surface area contributed by atoms with Crippen LogP contribution in [0.1, 0.15) is 49.9 Å². The van der Waals surface area contributed by atoms with E-state index in [2.05, 4.69) is 24.5 Å². The van der Waals surface area contributed by atoms with Crippen molar-refractivity contribution in [2.24, 2.45) is 5.92 Å². The van der Waals surface area contributed by atoms with Crippen molar-refractivity contribution in [1.29, 1.82) is 0 Å². The highest BCUT2D eigenvalue weighted by molar-refractivity contribution is 6.30. The van der Waals surface area contributed by atoms with E-state index >= 15 is 0 Å². The summed E-state index contributed by atoms with van der Waals surface area (Å²) < 4.78 is 0. The Bertz CT molecular complexity index is 696. The maximum Gasteiger partial charge on any atom is 0.241 e. The summed E-state index contributed by atoms with van der Waals surface area (Å²) in [4.78, 5) is 12.8. The number of benzene rings is 2. The largest absolute Gasteiger partial charge is 0.352 e. The van der Waals surface area contributed by atoms with Gasteiger partial charge in [-0.15, -0.1) is 0 Å². The molecular weight excluding hydrogens is 332 g/mol. The Kier molecular flexibility index (Phi) is 5.77. The summed E-state index contributed by atoms with van der Waals surface area (Å²) in [6.45, 7) is 4.32. The van der Waals surface area contributed by atoms with Gasteiger partial charge in [-0.2, -0.15) is 0 Å². The van der Waals surface area contributed by atoms with Gasteiger partial charge < -0.3 is 5.32 Å². The first-order valence-electron chi connectivity index (χ1n) is 8.91. The zero-order valence-corrected chi connectivity index (χ0v) is 15.5. The molecule has 0 heterocycles. The highest BCUT2D eigenvalue weighted by Crippen LogP contribution is 2.28. The molecule has 2 aromatic carbocycles. The van der Waals surface area contributed by atoms with Crippen LogP contribution in [0.4, 0.5) is 0 Å². The Labute approximate surface area is 154 Å². The number of carbonyl (C=O) groups excluding carboxylic acids is 1. The van der Waals surface area contributed by atoms with Gasteiger partial charge in [-0.05, 0) is 42.0 Å². The zero-order chi connectivity index (χ0) is 17.8. The molecule has 132 valence electrons.